The molecule has 0 unspecified atom stereocenters. The average Bonchev–Trinajstić information content (AvgIpc) is 2.83. The van der Waals surface area contributed by atoms with Crippen LogP contribution in [-0.2, 0) is 4.74 Å². The summed E-state index contributed by atoms with van der Waals surface area (Å²) in [5, 5.41) is 3.66. The molecule has 1 N–H and O–H groups in total. The first-order chi connectivity index (χ1) is 7.85. The van der Waals surface area contributed by atoms with Crippen molar-refractivity contribution >= 4 is 11.6 Å². The van der Waals surface area contributed by atoms with Gasteiger partial charge in [-0.15, -0.1) is 11.6 Å². The summed E-state index contributed by atoms with van der Waals surface area (Å²) in [7, 11) is 0. The number of rotatable bonds is 5. The first-order valence-corrected chi connectivity index (χ1v) is 6.99. The highest BCUT2D eigenvalue weighted by molar-refractivity contribution is 6.18. The molecule has 16 heavy (non-hydrogen) atoms. The van der Waals surface area contributed by atoms with Gasteiger partial charge < -0.3 is 15.0 Å². The van der Waals surface area contributed by atoms with E-state index in [-0.39, 0.29) is 5.54 Å². The third-order valence-corrected chi connectivity index (χ3v) is 4.34. The molecule has 0 aromatic rings. The van der Waals surface area contributed by atoms with Gasteiger partial charge in [0.25, 0.3) is 0 Å². The lowest BCUT2D eigenvalue weighted by Crippen LogP contribution is -2.52. The summed E-state index contributed by atoms with van der Waals surface area (Å²) in [6.07, 6.45) is 4.84. The normalized spacial score (nSPS) is 26.1. The molecular weight excluding hydrogens is 224 g/mol. The molecular formula is C12H23ClN2O. The van der Waals surface area contributed by atoms with Gasteiger partial charge in [-0.25, -0.2) is 0 Å². The summed E-state index contributed by atoms with van der Waals surface area (Å²) in [6, 6.07) is 0. The minimum Gasteiger partial charge on any atom is -0.381 e. The minimum atomic E-state index is 0.138. The Hall–Kier alpha value is 0.170. The highest BCUT2D eigenvalue weighted by Crippen LogP contribution is 2.22. The molecule has 94 valence electrons. The summed E-state index contributed by atoms with van der Waals surface area (Å²) in [4.78, 5) is 2.54. The van der Waals surface area contributed by atoms with Crippen molar-refractivity contribution < 1.29 is 4.74 Å². The van der Waals surface area contributed by atoms with E-state index in [4.69, 9.17) is 16.3 Å². The van der Waals surface area contributed by atoms with Crippen LogP contribution in [0.4, 0.5) is 0 Å². The summed E-state index contributed by atoms with van der Waals surface area (Å²) >= 11 is 6.10. The molecule has 0 aromatic heterocycles. The van der Waals surface area contributed by atoms with Crippen molar-refractivity contribution in [2.45, 2.75) is 31.2 Å². The molecule has 0 radical (unpaired) electrons. The second-order valence-electron chi connectivity index (χ2n) is 5.00. The maximum absolute atomic E-state index is 6.10. The molecule has 2 rings (SSSR count). The van der Waals surface area contributed by atoms with E-state index in [0.717, 1.165) is 32.6 Å². The summed E-state index contributed by atoms with van der Waals surface area (Å²) in [5.74, 6) is 0.705. The van der Waals surface area contributed by atoms with Gasteiger partial charge in [0.05, 0.1) is 0 Å². The first kappa shape index (κ1) is 12.6. The Kier molecular flexibility index (Phi) is 4.89. The SMILES string of the molecule is ClCC1(NCCN2CCCC2)CCOCC1. The zero-order chi connectivity index (χ0) is 11.3. The molecule has 0 saturated carbocycles. The van der Waals surface area contributed by atoms with Gasteiger partial charge in [0, 0.05) is 37.7 Å². The Morgan fingerprint density at radius 1 is 1.19 bits per heavy atom. The highest BCUT2D eigenvalue weighted by atomic mass is 35.5. The molecule has 0 aliphatic carbocycles. The van der Waals surface area contributed by atoms with E-state index in [1.54, 1.807) is 0 Å². The molecule has 2 aliphatic rings. The van der Waals surface area contributed by atoms with Gasteiger partial charge in [0.1, 0.15) is 0 Å². The zero-order valence-corrected chi connectivity index (χ0v) is 10.8. The standard InChI is InChI=1S/C12H23ClN2O/c13-11-12(3-9-16-10-4-12)14-5-8-15-6-1-2-7-15/h14H,1-11H2. The second kappa shape index (κ2) is 6.20. The lowest BCUT2D eigenvalue weighted by atomic mass is 9.92. The molecule has 4 heteroatoms. The molecule has 0 bridgehead atoms. The van der Waals surface area contributed by atoms with E-state index in [2.05, 4.69) is 10.2 Å². The predicted molar refractivity (Wildman–Crippen MR) is 67.2 cm³/mol. The van der Waals surface area contributed by atoms with Crippen molar-refractivity contribution in [1.29, 1.82) is 0 Å². The number of hydrogen-bond acceptors (Lipinski definition) is 3. The van der Waals surface area contributed by atoms with Gasteiger partial charge in [-0.05, 0) is 38.8 Å². The largest absolute Gasteiger partial charge is 0.381 e. The van der Waals surface area contributed by atoms with Gasteiger partial charge in [-0.3, -0.25) is 0 Å². The van der Waals surface area contributed by atoms with Crippen LogP contribution >= 0.6 is 11.6 Å². The molecule has 2 saturated heterocycles. The van der Waals surface area contributed by atoms with Crippen LogP contribution in [0, 0.1) is 0 Å². The van der Waals surface area contributed by atoms with E-state index in [0.29, 0.717) is 5.88 Å². The molecule has 2 aliphatic heterocycles. The van der Waals surface area contributed by atoms with E-state index < -0.39 is 0 Å². The van der Waals surface area contributed by atoms with Gasteiger partial charge in [-0.1, -0.05) is 0 Å². The lowest BCUT2D eigenvalue weighted by molar-refractivity contribution is 0.0459. The fourth-order valence-corrected chi connectivity index (χ4v) is 2.97. The highest BCUT2D eigenvalue weighted by Gasteiger charge is 2.31. The summed E-state index contributed by atoms with van der Waals surface area (Å²) < 4.78 is 5.40. The quantitative estimate of drug-likeness (QED) is 0.744. The predicted octanol–water partition coefficient (Wildman–Crippen LogP) is 1.46. The number of nitrogens with zero attached hydrogens (tertiary/aromatic N) is 1. The van der Waals surface area contributed by atoms with E-state index in [1.165, 1.54) is 32.5 Å². The number of likely N-dealkylation sites (tertiary alicyclic amines) is 1. The van der Waals surface area contributed by atoms with Crippen molar-refractivity contribution in [2.24, 2.45) is 0 Å². The van der Waals surface area contributed by atoms with E-state index >= 15 is 0 Å². The molecule has 2 fully saturated rings. The maximum Gasteiger partial charge on any atom is 0.0484 e. The van der Waals surface area contributed by atoms with Gasteiger partial charge in [0.2, 0.25) is 0 Å². The van der Waals surface area contributed by atoms with Gasteiger partial charge in [-0.2, -0.15) is 0 Å². The summed E-state index contributed by atoms with van der Waals surface area (Å²) in [6.45, 7) is 6.48. The van der Waals surface area contributed by atoms with Crippen LogP contribution in [-0.4, -0.2) is 55.7 Å². The Bertz CT molecular complexity index is 201. The van der Waals surface area contributed by atoms with Crippen LogP contribution in [0.2, 0.25) is 0 Å². The van der Waals surface area contributed by atoms with Crippen LogP contribution in [0.25, 0.3) is 0 Å². The number of ether oxygens (including phenoxy) is 1. The average molecular weight is 247 g/mol. The molecule has 0 amide bonds. The van der Waals surface area contributed by atoms with Crippen LogP contribution in [0.3, 0.4) is 0 Å². The van der Waals surface area contributed by atoms with Gasteiger partial charge in [0.15, 0.2) is 0 Å². The summed E-state index contributed by atoms with van der Waals surface area (Å²) in [5.41, 5.74) is 0.138. The topological polar surface area (TPSA) is 24.5 Å². The number of alkyl halides is 1. The fraction of sp³-hybridized carbons (Fsp3) is 1.00. The Balaban J connectivity index is 1.69. The Morgan fingerprint density at radius 2 is 1.88 bits per heavy atom. The zero-order valence-electron chi connectivity index (χ0n) is 10.0. The van der Waals surface area contributed by atoms with Crippen molar-refractivity contribution in [3.63, 3.8) is 0 Å². The van der Waals surface area contributed by atoms with E-state index in [1.807, 2.05) is 0 Å². The van der Waals surface area contributed by atoms with Crippen LogP contribution in [0.15, 0.2) is 0 Å². The molecule has 2 heterocycles. The molecule has 0 atom stereocenters. The fourth-order valence-electron chi connectivity index (χ4n) is 2.61. The van der Waals surface area contributed by atoms with E-state index in [9.17, 15) is 0 Å². The Morgan fingerprint density at radius 3 is 2.50 bits per heavy atom. The van der Waals surface area contributed by atoms with Crippen LogP contribution in [0.1, 0.15) is 25.7 Å². The van der Waals surface area contributed by atoms with Crippen molar-refractivity contribution in [3.05, 3.63) is 0 Å². The van der Waals surface area contributed by atoms with Crippen molar-refractivity contribution in [2.75, 3.05) is 45.3 Å². The number of nitrogens with one attached hydrogen (secondary N) is 1. The third-order valence-electron chi connectivity index (χ3n) is 3.83. The van der Waals surface area contributed by atoms with Crippen molar-refractivity contribution in [1.82, 2.24) is 10.2 Å². The van der Waals surface area contributed by atoms with Crippen LogP contribution in [0.5, 0.6) is 0 Å². The molecule has 0 spiro atoms. The number of halogens is 1. The third kappa shape index (κ3) is 3.33. The monoisotopic (exact) mass is 246 g/mol. The minimum absolute atomic E-state index is 0.138. The van der Waals surface area contributed by atoms with Crippen LogP contribution < -0.4 is 5.32 Å². The number of hydrogen-bond donors (Lipinski definition) is 1. The maximum atomic E-state index is 6.10. The Labute approximate surface area is 103 Å². The van der Waals surface area contributed by atoms with Gasteiger partial charge >= 0.3 is 0 Å². The molecule has 3 nitrogen and oxygen atoms in total. The lowest BCUT2D eigenvalue weighted by Gasteiger charge is -2.37. The second-order valence-corrected chi connectivity index (χ2v) is 5.27. The first-order valence-electron chi connectivity index (χ1n) is 6.46. The smallest absolute Gasteiger partial charge is 0.0484 e. The molecule has 0 aromatic carbocycles. The van der Waals surface area contributed by atoms with Crippen molar-refractivity contribution in [3.8, 4) is 0 Å².